The van der Waals surface area contributed by atoms with Gasteiger partial charge >= 0.3 is 17.4 Å². The van der Waals surface area contributed by atoms with Crippen molar-refractivity contribution in [2.24, 2.45) is 0 Å². The second kappa shape index (κ2) is 34.0. The molecule has 0 unspecified atom stereocenters. The van der Waals surface area contributed by atoms with Crippen LogP contribution in [0.4, 0.5) is 198 Å². The number of hydrogen-bond donors (Lipinski definition) is 3. The molecule has 648 valence electrons. The summed E-state index contributed by atoms with van der Waals surface area (Å²) >= 11 is 0. The van der Waals surface area contributed by atoms with Crippen molar-refractivity contribution < 1.29 is 213 Å². The summed E-state index contributed by atoms with van der Waals surface area (Å²) in [4.78, 5) is 0. The van der Waals surface area contributed by atoms with E-state index in [0.717, 1.165) is 0 Å². The molecule has 0 heterocycles. The molecule has 3 N–H and O–H groups in total. The van der Waals surface area contributed by atoms with E-state index in [2.05, 4.69) is 0 Å². The average molecular weight is 1840 g/mol. The van der Waals surface area contributed by atoms with Gasteiger partial charge in [-0.25, -0.2) is 198 Å². The molecule has 0 saturated heterocycles. The van der Waals surface area contributed by atoms with Crippen LogP contribution in [-0.2, 0) is 0 Å². The maximum atomic E-state index is 15.4. The molecule has 0 aromatic heterocycles. The molecule has 0 atom stereocenters. The Kier molecular flexibility index (Phi) is 26.2. The van der Waals surface area contributed by atoms with Crippen molar-refractivity contribution in [3.8, 4) is 17.2 Å². The van der Waals surface area contributed by atoms with Crippen LogP contribution in [0.3, 0.4) is 0 Å². The number of aromatic hydroxyl groups is 3. The van der Waals surface area contributed by atoms with Gasteiger partial charge in [-0.1, -0.05) is 36.4 Å². The first-order valence-corrected chi connectivity index (χ1v) is 31.6. The van der Waals surface area contributed by atoms with E-state index >= 15 is 79.0 Å². The molecule has 0 spiro atoms. The van der Waals surface area contributed by atoms with E-state index in [1.807, 2.05) is 0 Å². The van der Waals surface area contributed by atoms with Crippen LogP contribution < -0.4 is 65.6 Å². The van der Waals surface area contributed by atoms with Crippen LogP contribution in [0.1, 0.15) is 0 Å². The summed E-state index contributed by atoms with van der Waals surface area (Å²) in [7, 11) is 0. The topological polar surface area (TPSA) is 60.7 Å². The van der Waals surface area contributed by atoms with Crippen LogP contribution in [-0.4, -0.2) is 51.1 Å². The summed E-state index contributed by atoms with van der Waals surface area (Å²) in [5, 5.41) is 28.8. The second-order valence-electron chi connectivity index (χ2n) is 25.2. The van der Waals surface area contributed by atoms with Crippen molar-refractivity contribution in [2.45, 2.75) is 0 Å². The van der Waals surface area contributed by atoms with Gasteiger partial charge in [-0.15, -0.1) is 49.2 Å². The van der Waals surface area contributed by atoms with E-state index in [9.17, 15) is 134 Å². The number of phenolic OH excluding ortho intramolecular Hbond substituents is 3. The Morgan fingerprint density at radius 3 is 0.250 bits per heavy atom. The molecule has 12 aromatic carbocycles. The molecule has 124 heavy (non-hydrogen) atoms. The number of rotatable bonds is 12. The molecule has 52 heteroatoms. The Hall–Kier alpha value is -12.4. The van der Waals surface area contributed by atoms with Gasteiger partial charge in [-0.2, -0.15) is 16.4 Å². The normalized spacial score (nSPS) is 11.8. The Bertz CT molecular complexity index is 5120. The zero-order valence-corrected chi connectivity index (χ0v) is 58.7. The first-order chi connectivity index (χ1) is 57.1. The van der Waals surface area contributed by atoms with Crippen molar-refractivity contribution in [2.75, 3.05) is 0 Å². The smallest absolute Gasteiger partial charge is 0.508 e. The molecule has 0 radical (unpaired) electrons. The van der Waals surface area contributed by atoms with Gasteiger partial charge in [0.15, 0.2) is 157 Å². The molecule has 0 saturated carbocycles. The predicted molar refractivity (Wildman–Crippen MR) is 339 cm³/mol. The molecule has 0 amide bonds. The van der Waals surface area contributed by atoms with Gasteiger partial charge in [0, 0.05) is 0 Å². The summed E-state index contributed by atoms with van der Waals surface area (Å²) in [5.41, 5.74) is -29.4. The summed E-state index contributed by atoms with van der Waals surface area (Å²) in [5.74, 6) is -141. The van der Waals surface area contributed by atoms with Gasteiger partial charge in [0.05, 0.1) is 0 Å². The minimum atomic E-state index is -5.84. The molecule has 0 fully saturated rings. The van der Waals surface area contributed by atoms with Crippen molar-refractivity contribution in [3.63, 3.8) is 0 Å². The van der Waals surface area contributed by atoms with Crippen molar-refractivity contribution >= 4 is 101 Å². The first-order valence-electron chi connectivity index (χ1n) is 31.6. The molecule has 0 aliphatic carbocycles. The van der Waals surface area contributed by atoms with Gasteiger partial charge in [-0.05, 0) is 36.4 Å². The summed E-state index contributed by atoms with van der Waals surface area (Å²) < 4.78 is 661. The predicted octanol–water partition coefficient (Wildman–Crippen LogP) is 14.2. The van der Waals surface area contributed by atoms with Gasteiger partial charge in [0.25, 0.3) is 0 Å². The SMILES string of the molecule is Oc1ccc([B-](c2c(F)c(F)c(F)c(F)c2F)(c2c(F)c(F)c(F)c(F)c2F)c2c(F)c(F)c(F)c(F)c2F)cc1.Oc1ccc([B-](c2c(F)c(F)c(F)c(F)c2F)(c2c(F)c(F)c(F)c(F)c2F)c2c(F)c(F)c(F)c(F)c2F)cc1.Oc1ccc([B-](c2c(F)c(F)c(F)c(F)c2F)(c2c(F)c(F)c(F)c(F)c2F)c2c(F)c(F)c(F)c(F)c2F)cc1.[Al+3]. The fraction of sp³-hybridized carbons (Fsp3) is 0. The van der Waals surface area contributed by atoms with Crippen molar-refractivity contribution in [1.82, 2.24) is 0 Å². The van der Waals surface area contributed by atoms with Crippen molar-refractivity contribution in [1.29, 1.82) is 0 Å². The average Bonchev–Trinajstić information content (AvgIpc) is 0.698. The molecule has 3 nitrogen and oxygen atoms in total. The third-order valence-corrected chi connectivity index (χ3v) is 19.3. The zero-order valence-electron chi connectivity index (χ0n) is 57.6. The molecule has 0 aliphatic rings. The summed E-state index contributed by atoms with van der Waals surface area (Å²) in [6, 6.07) is 3.33. The third-order valence-electron chi connectivity index (χ3n) is 19.3. The van der Waals surface area contributed by atoms with Crippen molar-refractivity contribution in [3.05, 3.63) is 335 Å². The number of benzene rings is 12. The van der Waals surface area contributed by atoms with Crippen LogP contribution in [0.2, 0.25) is 0 Å². The monoisotopic (exact) mass is 1840 g/mol. The van der Waals surface area contributed by atoms with Crippen LogP contribution >= 0.6 is 0 Å². The molecule has 12 aromatic rings. The Balaban J connectivity index is 0.000000210. The summed E-state index contributed by atoms with van der Waals surface area (Å²) in [6.07, 6.45) is -17.5. The van der Waals surface area contributed by atoms with Crippen LogP contribution in [0, 0.1) is 262 Å². The molecular formula is C72H15AlB3F45O3. The van der Waals surface area contributed by atoms with Gasteiger partial charge in [0.1, 0.15) is 140 Å². The maximum Gasteiger partial charge on any atom is 3.00 e. The maximum absolute atomic E-state index is 15.4. The molecule has 0 aliphatic heterocycles. The molecular weight excluding hydrogens is 1830 g/mol. The van der Waals surface area contributed by atoms with Gasteiger partial charge < -0.3 is 15.3 Å². The van der Waals surface area contributed by atoms with Gasteiger partial charge in [0.2, 0.25) is 0 Å². The van der Waals surface area contributed by atoms with E-state index < -0.39 is 363 Å². The van der Waals surface area contributed by atoms with Crippen LogP contribution in [0.15, 0.2) is 72.8 Å². The van der Waals surface area contributed by atoms with Crippen LogP contribution in [0.5, 0.6) is 17.2 Å². The minimum Gasteiger partial charge on any atom is -0.508 e. The van der Waals surface area contributed by atoms with Gasteiger partial charge in [-0.3, -0.25) is 0 Å². The fourth-order valence-corrected chi connectivity index (χ4v) is 14.1. The van der Waals surface area contributed by atoms with E-state index in [1.54, 1.807) is 0 Å². The number of halogens is 45. The zero-order chi connectivity index (χ0) is 92.6. The number of phenols is 3. The molecule has 12 rings (SSSR count). The minimum absolute atomic E-state index is 0. The van der Waals surface area contributed by atoms with E-state index in [0.29, 0.717) is 36.4 Å². The quantitative estimate of drug-likeness (QED) is 0.0494. The largest absolute Gasteiger partial charge is 3.00 e. The summed E-state index contributed by atoms with van der Waals surface area (Å²) in [6.45, 7) is 0. The first kappa shape index (κ1) is 95.5. The Morgan fingerprint density at radius 2 is 0.177 bits per heavy atom. The third kappa shape index (κ3) is 13.8. The Morgan fingerprint density at radius 1 is 0.113 bits per heavy atom. The molecule has 0 bridgehead atoms. The van der Waals surface area contributed by atoms with E-state index in [1.165, 1.54) is 0 Å². The van der Waals surface area contributed by atoms with E-state index in [4.69, 9.17) is 0 Å². The Labute approximate surface area is 664 Å². The number of hydrogen-bond acceptors (Lipinski definition) is 3. The van der Waals surface area contributed by atoms with Crippen LogP contribution in [0.25, 0.3) is 0 Å². The second-order valence-corrected chi connectivity index (χ2v) is 25.2. The fourth-order valence-electron chi connectivity index (χ4n) is 14.1. The standard InChI is InChI=1S/3C24H5BF15O.Al/c3*26-10-7(11(27)17(33)22(38)16(10)32)25(5-1-3-6(41)4-2-5,8-12(28)18(34)23(39)19(35)13(8)29)9-14(30)20(36)24(40)21(37)15(9)31;/h3*1-4,41H;/q3*-1;+3. The van der Waals surface area contributed by atoms with E-state index in [-0.39, 0.29) is 53.8 Å².